The van der Waals surface area contributed by atoms with Gasteiger partial charge >= 0.3 is 0 Å². The fourth-order valence-corrected chi connectivity index (χ4v) is 2.11. The van der Waals surface area contributed by atoms with Crippen LogP contribution in [-0.2, 0) is 6.54 Å². The van der Waals surface area contributed by atoms with E-state index in [2.05, 4.69) is 5.10 Å². The van der Waals surface area contributed by atoms with Crippen LogP contribution in [0.25, 0.3) is 0 Å². The van der Waals surface area contributed by atoms with Gasteiger partial charge in [0.15, 0.2) is 11.5 Å². The third-order valence-electron chi connectivity index (χ3n) is 3.15. The van der Waals surface area contributed by atoms with Gasteiger partial charge in [0, 0.05) is 18.3 Å². The van der Waals surface area contributed by atoms with Crippen LogP contribution >= 0.6 is 0 Å². The molecule has 2 aromatic rings. The fraction of sp³-hybridized carbons (Fsp3) is 0.286. The van der Waals surface area contributed by atoms with Crippen molar-refractivity contribution in [1.29, 1.82) is 0 Å². The first kappa shape index (κ1) is 12.7. The van der Waals surface area contributed by atoms with Crippen LogP contribution in [0.2, 0.25) is 0 Å². The molecule has 0 radical (unpaired) electrons. The van der Waals surface area contributed by atoms with Gasteiger partial charge in [0.2, 0.25) is 0 Å². The second kappa shape index (κ2) is 5.34. The topological polar surface area (TPSA) is 79.4 Å². The molecule has 0 fully saturated rings. The average molecular weight is 273 g/mol. The first-order chi connectivity index (χ1) is 9.74. The number of nitrogens with zero attached hydrogens (tertiary/aromatic N) is 2. The largest absolute Gasteiger partial charge is 0.486 e. The van der Waals surface area contributed by atoms with Gasteiger partial charge in [-0.2, -0.15) is 5.10 Å². The predicted molar refractivity (Wildman–Crippen MR) is 72.9 cm³/mol. The van der Waals surface area contributed by atoms with Crippen molar-refractivity contribution in [1.82, 2.24) is 9.78 Å². The molecule has 0 aliphatic carbocycles. The minimum atomic E-state index is -0.335. The smallest absolute Gasteiger partial charge is 0.266 e. The number of ether oxygens (including phenoxy) is 2. The fourth-order valence-electron chi connectivity index (χ4n) is 2.11. The van der Waals surface area contributed by atoms with E-state index in [0.717, 1.165) is 11.3 Å². The van der Waals surface area contributed by atoms with Crippen LogP contribution in [-0.4, -0.2) is 23.0 Å². The Morgan fingerprint density at radius 2 is 2.05 bits per heavy atom. The Morgan fingerprint density at radius 1 is 1.25 bits per heavy atom. The first-order valence-corrected chi connectivity index (χ1v) is 6.41. The Morgan fingerprint density at radius 3 is 2.85 bits per heavy atom. The Hall–Kier alpha value is -2.34. The molecule has 2 N–H and O–H groups in total. The summed E-state index contributed by atoms with van der Waals surface area (Å²) in [6.07, 6.45) is 1.57. The van der Waals surface area contributed by atoms with E-state index < -0.39 is 0 Å². The van der Waals surface area contributed by atoms with E-state index in [1.54, 1.807) is 12.3 Å². The maximum Gasteiger partial charge on any atom is 0.266 e. The SMILES string of the molecule is NC(Cn1ncccc1=O)c1ccc2c(c1)OCCO2. The standard InChI is InChI=1S/C14H15N3O3/c15-11(9-17-14(18)2-1-5-16-17)10-3-4-12-13(8-10)20-7-6-19-12/h1-5,8,11H,6-7,9,15H2. The summed E-state index contributed by atoms with van der Waals surface area (Å²) in [6, 6.07) is 8.31. The molecule has 6 nitrogen and oxygen atoms in total. The number of rotatable bonds is 3. The number of nitrogens with two attached hydrogens (primary N) is 1. The Kier molecular flexibility index (Phi) is 3.39. The Bertz CT molecular complexity index is 669. The first-order valence-electron chi connectivity index (χ1n) is 6.41. The highest BCUT2D eigenvalue weighted by Crippen LogP contribution is 2.32. The molecule has 3 rings (SSSR count). The summed E-state index contributed by atoms with van der Waals surface area (Å²) >= 11 is 0. The van der Waals surface area contributed by atoms with Crippen LogP contribution < -0.4 is 20.8 Å². The second-order valence-electron chi connectivity index (χ2n) is 4.55. The molecule has 1 aromatic heterocycles. The van der Waals surface area contributed by atoms with E-state index in [4.69, 9.17) is 15.2 Å². The Balaban J connectivity index is 1.82. The van der Waals surface area contributed by atoms with Crippen molar-refractivity contribution in [2.24, 2.45) is 5.73 Å². The van der Waals surface area contributed by atoms with Gasteiger partial charge in [-0.15, -0.1) is 0 Å². The van der Waals surface area contributed by atoms with E-state index >= 15 is 0 Å². The van der Waals surface area contributed by atoms with Crippen LogP contribution in [0.3, 0.4) is 0 Å². The normalized spacial score (nSPS) is 14.8. The molecule has 0 saturated heterocycles. The summed E-state index contributed by atoms with van der Waals surface area (Å²) in [7, 11) is 0. The van der Waals surface area contributed by atoms with Gasteiger partial charge in [-0.3, -0.25) is 4.79 Å². The van der Waals surface area contributed by atoms with Gasteiger partial charge in [-0.05, 0) is 23.8 Å². The highest BCUT2D eigenvalue weighted by atomic mass is 16.6. The Labute approximate surface area is 115 Å². The third kappa shape index (κ3) is 2.50. The summed E-state index contributed by atoms with van der Waals surface area (Å²) in [6.45, 7) is 1.41. The number of fused-ring (bicyclic) bond motifs is 1. The van der Waals surface area contributed by atoms with Crippen molar-refractivity contribution < 1.29 is 9.47 Å². The van der Waals surface area contributed by atoms with Crippen LogP contribution in [0.1, 0.15) is 11.6 Å². The van der Waals surface area contributed by atoms with Gasteiger partial charge in [0.05, 0.1) is 6.54 Å². The van der Waals surface area contributed by atoms with Crippen molar-refractivity contribution in [2.45, 2.75) is 12.6 Å². The van der Waals surface area contributed by atoms with E-state index in [9.17, 15) is 4.79 Å². The molecule has 20 heavy (non-hydrogen) atoms. The molecular weight excluding hydrogens is 258 g/mol. The average Bonchev–Trinajstić information content (AvgIpc) is 2.49. The molecule has 1 unspecified atom stereocenters. The molecule has 1 aromatic carbocycles. The monoisotopic (exact) mass is 273 g/mol. The van der Waals surface area contributed by atoms with Gasteiger partial charge in [-0.25, -0.2) is 4.68 Å². The van der Waals surface area contributed by atoms with E-state index in [1.807, 2.05) is 18.2 Å². The number of hydrogen-bond acceptors (Lipinski definition) is 5. The van der Waals surface area contributed by atoms with Crippen molar-refractivity contribution in [2.75, 3.05) is 13.2 Å². The number of hydrogen-bond donors (Lipinski definition) is 1. The van der Waals surface area contributed by atoms with Crippen molar-refractivity contribution in [3.63, 3.8) is 0 Å². The second-order valence-corrected chi connectivity index (χ2v) is 4.55. The van der Waals surface area contributed by atoms with Crippen molar-refractivity contribution in [3.05, 3.63) is 52.4 Å². The van der Waals surface area contributed by atoms with Crippen LogP contribution in [0.4, 0.5) is 0 Å². The zero-order valence-electron chi connectivity index (χ0n) is 10.9. The van der Waals surface area contributed by atoms with Crippen LogP contribution in [0.15, 0.2) is 41.3 Å². The molecule has 0 bridgehead atoms. The van der Waals surface area contributed by atoms with Gasteiger partial charge < -0.3 is 15.2 Å². The molecule has 1 aliphatic heterocycles. The van der Waals surface area contributed by atoms with Crippen molar-refractivity contribution >= 4 is 0 Å². The minimum Gasteiger partial charge on any atom is -0.486 e. The highest BCUT2D eigenvalue weighted by molar-refractivity contribution is 5.44. The minimum absolute atomic E-state index is 0.166. The van der Waals surface area contributed by atoms with Gasteiger partial charge in [0.25, 0.3) is 5.56 Å². The molecular formula is C14H15N3O3. The zero-order chi connectivity index (χ0) is 13.9. The third-order valence-corrected chi connectivity index (χ3v) is 3.15. The summed E-state index contributed by atoms with van der Waals surface area (Å²) in [5.41, 5.74) is 6.85. The summed E-state index contributed by atoms with van der Waals surface area (Å²) < 4.78 is 12.3. The molecule has 1 aliphatic rings. The lowest BCUT2D eigenvalue weighted by Gasteiger charge is -2.20. The lowest BCUT2D eigenvalue weighted by Crippen LogP contribution is -2.28. The van der Waals surface area contributed by atoms with Crippen LogP contribution in [0, 0.1) is 0 Å². The van der Waals surface area contributed by atoms with Crippen LogP contribution in [0.5, 0.6) is 11.5 Å². The lowest BCUT2D eigenvalue weighted by atomic mass is 10.1. The van der Waals surface area contributed by atoms with E-state index in [1.165, 1.54) is 10.7 Å². The lowest BCUT2D eigenvalue weighted by molar-refractivity contribution is 0.171. The molecule has 0 spiro atoms. The van der Waals surface area contributed by atoms with E-state index in [0.29, 0.717) is 25.5 Å². The maximum atomic E-state index is 11.6. The predicted octanol–water partition coefficient (Wildman–Crippen LogP) is 0.714. The summed E-state index contributed by atoms with van der Waals surface area (Å²) in [4.78, 5) is 11.6. The molecule has 0 saturated carbocycles. The summed E-state index contributed by atoms with van der Waals surface area (Å²) in [5, 5.41) is 4.00. The van der Waals surface area contributed by atoms with Crippen molar-refractivity contribution in [3.8, 4) is 11.5 Å². The number of aromatic nitrogens is 2. The molecule has 0 amide bonds. The van der Waals surface area contributed by atoms with Gasteiger partial charge in [0.1, 0.15) is 13.2 Å². The molecule has 104 valence electrons. The molecule has 2 heterocycles. The molecule has 1 atom stereocenters. The highest BCUT2D eigenvalue weighted by Gasteiger charge is 2.15. The zero-order valence-corrected chi connectivity index (χ0v) is 10.9. The molecule has 6 heteroatoms. The maximum absolute atomic E-state index is 11.6. The number of benzene rings is 1. The summed E-state index contributed by atoms with van der Waals surface area (Å²) in [5.74, 6) is 1.42. The van der Waals surface area contributed by atoms with Gasteiger partial charge in [-0.1, -0.05) is 6.07 Å². The quantitative estimate of drug-likeness (QED) is 0.891. The van der Waals surface area contributed by atoms with E-state index in [-0.39, 0.29) is 11.6 Å².